The van der Waals surface area contributed by atoms with Crippen LogP contribution in [0.15, 0.2) is 79.0 Å². The minimum atomic E-state index is -0.0527. The van der Waals surface area contributed by atoms with Gasteiger partial charge in [0.15, 0.2) is 5.71 Å². The Morgan fingerprint density at radius 2 is 1.58 bits per heavy atom. The second-order valence-electron chi connectivity index (χ2n) is 9.37. The van der Waals surface area contributed by atoms with Crippen LogP contribution in [-0.2, 0) is 10.2 Å². The molecule has 0 saturated heterocycles. The molecule has 2 aromatic carbocycles. The van der Waals surface area contributed by atoms with Crippen molar-refractivity contribution in [1.82, 2.24) is 0 Å². The van der Waals surface area contributed by atoms with E-state index in [1.54, 1.807) is 11.8 Å². The van der Waals surface area contributed by atoms with Crippen molar-refractivity contribution in [1.29, 1.82) is 0 Å². The van der Waals surface area contributed by atoms with E-state index in [2.05, 4.69) is 61.8 Å². The molecule has 1 amide bonds. The lowest BCUT2D eigenvalue weighted by atomic mass is 9.81. The first kappa shape index (κ1) is 24.7. The highest BCUT2D eigenvalue weighted by Crippen LogP contribution is 2.39. The Bertz CT molecular complexity index is 1010. The Kier molecular flexibility index (Phi) is 8.82. The van der Waals surface area contributed by atoms with E-state index in [1.807, 2.05) is 42.6 Å². The smallest absolute Gasteiger partial charge is 0.227 e. The Morgan fingerprint density at radius 1 is 0.909 bits per heavy atom. The monoisotopic (exact) mass is 443 g/mol. The van der Waals surface area contributed by atoms with Crippen LogP contribution in [-0.4, -0.2) is 22.7 Å². The number of carbonyl (C=O) groups excluding carboxylic acids is 1. The molecule has 0 unspecified atom stereocenters. The number of hydrogen-bond acceptors (Lipinski definition) is 1. The fourth-order valence-corrected chi connectivity index (χ4v) is 4.68. The van der Waals surface area contributed by atoms with Gasteiger partial charge in [0.25, 0.3) is 0 Å². The zero-order valence-corrected chi connectivity index (χ0v) is 20.8. The van der Waals surface area contributed by atoms with Crippen LogP contribution in [0.25, 0.3) is 0 Å². The van der Waals surface area contributed by atoms with E-state index in [1.165, 1.54) is 55.5 Å². The second-order valence-corrected chi connectivity index (χ2v) is 9.37. The number of fused-ring (bicyclic) bond motifs is 1. The molecule has 174 valence electrons. The molecule has 3 rings (SSSR count). The van der Waals surface area contributed by atoms with E-state index in [9.17, 15) is 4.79 Å². The van der Waals surface area contributed by atoms with Crippen LogP contribution in [0.4, 0.5) is 11.4 Å². The fourth-order valence-electron chi connectivity index (χ4n) is 4.68. The molecular weight excluding hydrogens is 404 g/mol. The van der Waals surface area contributed by atoms with Crippen LogP contribution in [0.3, 0.4) is 0 Å². The average molecular weight is 444 g/mol. The molecule has 0 aliphatic carbocycles. The van der Waals surface area contributed by atoms with Gasteiger partial charge in [0.05, 0.1) is 5.41 Å². The van der Waals surface area contributed by atoms with Crippen molar-refractivity contribution in [2.45, 2.75) is 71.6 Å². The van der Waals surface area contributed by atoms with Gasteiger partial charge in [-0.05, 0) is 38.5 Å². The minimum Gasteiger partial charge on any atom is -0.288 e. The summed E-state index contributed by atoms with van der Waals surface area (Å²) in [6.45, 7) is 9.51. The Morgan fingerprint density at radius 3 is 2.30 bits per heavy atom. The maximum atomic E-state index is 12.1. The quantitative estimate of drug-likeness (QED) is 0.200. The number of anilines is 1. The maximum absolute atomic E-state index is 12.1. The van der Waals surface area contributed by atoms with Gasteiger partial charge in [0.2, 0.25) is 11.6 Å². The highest BCUT2D eigenvalue weighted by molar-refractivity contribution is 6.03. The lowest BCUT2D eigenvalue weighted by molar-refractivity contribution is -0.438. The molecular formula is C30H39N2O+. The normalized spacial score (nSPS) is 14.9. The number of amides is 1. The van der Waals surface area contributed by atoms with E-state index < -0.39 is 0 Å². The number of benzene rings is 2. The van der Waals surface area contributed by atoms with E-state index >= 15 is 0 Å². The molecule has 0 radical (unpaired) electrons. The second kappa shape index (κ2) is 11.8. The number of para-hydroxylation sites is 2. The molecule has 0 spiro atoms. The molecule has 0 bridgehead atoms. The first-order valence-electron chi connectivity index (χ1n) is 12.4. The largest absolute Gasteiger partial charge is 0.288 e. The number of hydrogen-bond donors (Lipinski definition) is 0. The molecule has 3 heteroatoms. The van der Waals surface area contributed by atoms with Crippen LogP contribution in [0.2, 0.25) is 0 Å². The van der Waals surface area contributed by atoms with Crippen LogP contribution in [0.1, 0.15) is 71.8 Å². The molecule has 0 N–H and O–H groups in total. The number of rotatable bonds is 11. The van der Waals surface area contributed by atoms with E-state index in [0.29, 0.717) is 0 Å². The molecule has 1 aliphatic heterocycles. The molecule has 1 aliphatic rings. The van der Waals surface area contributed by atoms with Gasteiger partial charge < -0.3 is 0 Å². The molecule has 0 atom stereocenters. The highest BCUT2D eigenvalue weighted by atomic mass is 16.2. The fraction of sp³-hybridized carbons (Fsp3) is 0.400. The summed E-state index contributed by atoms with van der Waals surface area (Å²) >= 11 is 0. The van der Waals surface area contributed by atoms with Crippen molar-refractivity contribution in [3.63, 3.8) is 0 Å². The van der Waals surface area contributed by atoms with Gasteiger partial charge >= 0.3 is 0 Å². The van der Waals surface area contributed by atoms with Gasteiger partial charge in [-0.3, -0.25) is 9.69 Å². The lowest BCUT2D eigenvalue weighted by Gasteiger charge is -2.16. The van der Waals surface area contributed by atoms with Crippen molar-refractivity contribution in [3.8, 4) is 0 Å². The number of carbonyl (C=O) groups is 1. The summed E-state index contributed by atoms with van der Waals surface area (Å²) in [7, 11) is 0. The summed E-state index contributed by atoms with van der Waals surface area (Å²) in [6, 6.07) is 18.5. The number of unbranched alkanes of at least 4 members (excludes halogenated alkanes) is 5. The van der Waals surface area contributed by atoms with E-state index in [-0.39, 0.29) is 11.3 Å². The third-order valence-corrected chi connectivity index (χ3v) is 6.51. The first-order valence-corrected chi connectivity index (χ1v) is 12.4. The molecule has 0 fully saturated rings. The predicted octanol–water partition coefficient (Wildman–Crippen LogP) is 7.55. The molecule has 1 heterocycles. The van der Waals surface area contributed by atoms with Crippen LogP contribution >= 0.6 is 0 Å². The highest BCUT2D eigenvalue weighted by Gasteiger charge is 2.43. The zero-order chi connectivity index (χ0) is 23.7. The first-order chi connectivity index (χ1) is 16.0. The molecule has 2 aromatic rings. The maximum Gasteiger partial charge on any atom is 0.227 e. The van der Waals surface area contributed by atoms with Crippen LogP contribution in [0.5, 0.6) is 0 Å². The van der Waals surface area contributed by atoms with Crippen molar-refractivity contribution in [3.05, 3.63) is 84.6 Å². The van der Waals surface area contributed by atoms with Crippen molar-refractivity contribution in [2.24, 2.45) is 0 Å². The van der Waals surface area contributed by atoms with E-state index in [0.717, 1.165) is 12.2 Å². The Balaban J connectivity index is 1.80. The lowest BCUT2D eigenvalue weighted by Crippen LogP contribution is -2.28. The van der Waals surface area contributed by atoms with Crippen molar-refractivity contribution >= 4 is 23.0 Å². The van der Waals surface area contributed by atoms with Gasteiger partial charge in [-0.15, -0.1) is 0 Å². The summed E-state index contributed by atoms with van der Waals surface area (Å²) in [6.07, 6.45) is 15.9. The molecule has 3 nitrogen and oxygen atoms in total. The summed E-state index contributed by atoms with van der Waals surface area (Å²) in [4.78, 5) is 13.8. The van der Waals surface area contributed by atoms with Gasteiger partial charge in [-0.1, -0.05) is 75.1 Å². The topological polar surface area (TPSA) is 23.3 Å². The standard InChI is InChI=1S/C30H39N2O/c1-5-6-7-8-9-16-24-32-28-21-14-13-20-27(28)30(3,4)29(32)22-15-17-23-31(25(2)33)26-18-11-10-12-19-26/h10-15,17-23H,5-9,16,24H2,1-4H3/q+1. The minimum absolute atomic E-state index is 0.00296. The van der Waals surface area contributed by atoms with Gasteiger partial charge in [0, 0.05) is 42.9 Å². The summed E-state index contributed by atoms with van der Waals surface area (Å²) in [5.41, 5.74) is 4.85. The molecule has 33 heavy (non-hydrogen) atoms. The number of nitrogens with zero attached hydrogens (tertiary/aromatic N) is 2. The van der Waals surface area contributed by atoms with Crippen LogP contribution < -0.4 is 4.90 Å². The predicted molar refractivity (Wildman–Crippen MR) is 141 cm³/mol. The van der Waals surface area contributed by atoms with Crippen molar-refractivity contribution < 1.29 is 9.37 Å². The van der Waals surface area contributed by atoms with Gasteiger partial charge in [-0.25, -0.2) is 0 Å². The summed E-state index contributed by atoms with van der Waals surface area (Å²) < 4.78 is 2.50. The van der Waals surface area contributed by atoms with Crippen LogP contribution in [0, 0.1) is 0 Å². The summed E-state index contributed by atoms with van der Waals surface area (Å²) in [5.74, 6) is -0.00296. The molecule has 0 saturated carbocycles. The number of allylic oxidation sites excluding steroid dienone is 3. The van der Waals surface area contributed by atoms with Gasteiger partial charge in [0.1, 0.15) is 6.54 Å². The van der Waals surface area contributed by atoms with Crippen molar-refractivity contribution in [2.75, 3.05) is 11.4 Å². The van der Waals surface area contributed by atoms with Gasteiger partial charge in [-0.2, -0.15) is 4.58 Å². The SMILES string of the molecule is CCCCCCCC[N+]1=C(/C=C/C=C/N(C(C)=O)c2ccccc2)C(C)(C)c2ccccc21. The Labute approximate surface area is 200 Å². The average Bonchev–Trinajstić information content (AvgIpc) is 3.03. The third kappa shape index (κ3) is 6.10. The summed E-state index contributed by atoms with van der Waals surface area (Å²) in [5, 5.41) is 0. The molecule has 0 aromatic heterocycles. The Hall–Kier alpha value is -2.94. The third-order valence-electron chi connectivity index (χ3n) is 6.51. The van der Waals surface area contributed by atoms with E-state index in [4.69, 9.17) is 0 Å². The zero-order valence-electron chi connectivity index (χ0n) is 20.8.